The Balaban J connectivity index is 2.15. The van der Waals surface area contributed by atoms with Gasteiger partial charge in [-0.3, -0.25) is 0 Å². The summed E-state index contributed by atoms with van der Waals surface area (Å²) in [6, 6.07) is 14.5. The average molecular weight is 389 g/mol. The molecule has 0 bridgehead atoms. The lowest BCUT2D eigenvalue weighted by Crippen LogP contribution is -2.05. The van der Waals surface area contributed by atoms with Crippen LogP contribution in [0.25, 0.3) is 0 Å². The Labute approximate surface area is 167 Å². The van der Waals surface area contributed by atoms with E-state index in [9.17, 15) is 0 Å². The molecule has 0 atom stereocenters. The van der Waals surface area contributed by atoms with Gasteiger partial charge in [-0.15, -0.1) is 0 Å². The molecule has 4 heteroatoms. The Bertz CT molecular complexity index is 672. The quantitative estimate of drug-likeness (QED) is 0.240. The number of aryl methyl sites for hydroxylation is 2. The number of halogens is 1. The molecule has 2 rings (SSSR count). The van der Waals surface area contributed by atoms with E-state index in [2.05, 4.69) is 32.0 Å². The van der Waals surface area contributed by atoms with Crippen LogP contribution in [0.15, 0.2) is 52.4 Å². The Morgan fingerprint density at radius 1 is 0.962 bits per heavy atom. The maximum absolute atomic E-state index is 5.96. The van der Waals surface area contributed by atoms with Crippen molar-refractivity contribution in [3.63, 3.8) is 0 Å². The number of aliphatic imine (C=N–C) groups is 1. The van der Waals surface area contributed by atoms with Crippen LogP contribution >= 0.6 is 23.5 Å². The van der Waals surface area contributed by atoms with E-state index < -0.39 is 0 Å². The van der Waals surface area contributed by atoms with Crippen LogP contribution in [0.2, 0.25) is 5.02 Å². The number of benzene rings is 2. The van der Waals surface area contributed by atoms with Gasteiger partial charge in [0.15, 0.2) is 0 Å². The molecule has 0 saturated heterocycles. The highest BCUT2D eigenvalue weighted by Crippen LogP contribution is 2.28. The summed E-state index contributed by atoms with van der Waals surface area (Å²) in [6.07, 6.45) is 8.93. The third-order valence-electron chi connectivity index (χ3n) is 4.21. The minimum atomic E-state index is 0.760. The van der Waals surface area contributed by atoms with Crippen molar-refractivity contribution in [1.29, 1.82) is 0 Å². The molecular weight excluding hydrogens is 360 g/mol. The molecule has 0 aromatic heterocycles. The van der Waals surface area contributed by atoms with Crippen molar-refractivity contribution in [3.05, 3.63) is 58.6 Å². The highest BCUT2D eigenvalue weighted by atomic mass is 35.5. The normalized spacial score (nSPS) is 11.2. The predicted molar refractivity (Wildman–Crippen MR) is 117 cm³/mol. The third-order valence-corrected chi connectivity index (χ3v) is 5.33. The first-order valence-corrected chi connectivity index (χ1v) is 10.6. The Morgan fingerprint density at radius 3 is 2.08 bits per heavy atom. The fourth-order valence-electron chi connectivity index (χ4n) is 2.77. The molecule has 2 aromatic carbocycles. The first-order valence-electron chi connectivity index (χ1n) is 9.45. The first kappa shape index (κ1) is 20.9. The highest BCUT2D eigenvalue weighted by molar-refractivity contribution is 7.97. The number of para-hydroxylation sites is 1. The van der Waals surface area contributed by atoms with Gasteiger partial charge in [0, 0.05) is 17.0 Å². The molecule has 0 amide bonds. The smallest absolute Gasteiger partial charge is 0.101 e. The minimum absolute atomic E-state index is 0.760. The molecule has 0 fully saturated rings. The molecule has 0 radical (unpaired) electrons. The molecule has 140 valence electrons. The topological polar surface area (TPSA) is 15.6 Å². The van der Waals surface area contributed by atoms with Crippen molar-refractivity contribution in [3.8, 4) is 0 Å². The van der Waals surface area contributed by atoms with E-state index in [0.717, 1.165) is 28.4 Å². The second-order valence-corrected chi connectivity index (χ2v) is 8.13. The van der Waals surface area contributed by atoms with E-state index in [-0.39, 0.29) is 0 Å². The van der Waals surface area contributed by atoms with Crippen LogP contribution in [-0.4, -0.2) is 17.7 Å². The summed E-state index contributed by atoms with van der Waals surface area (Å²) in [4.78, 5) is 6.03. The molecule has 2 nitrogen and oxygen atoms in total. The SMILES string of the molecule is CCCCc1cccc(CCCC)c1N=CN(C)Sc1ccc(Cl)cc1. The summed E-state index contributed by atoms with van der Waals surface area (Å²) in [5.41, 5.74) is 3.89. The van der Waals surface area contributed by atoms with E-state index in [1.54, 1.807) is 11.9 Å². The summed E-state index contributed by atoms with van der Waals surface area (Å²) in [5.74, 6) is 0. The van der Waals surface area contributed by atoms with Gasteiger partial charge >= 0.3 is 0 Å². The second kappa shape index (κ2) is 11.3. The number of unbranched alkanes of at least 4 members (excludes halogenated alkanes) is 2. The van der Waals surface area contributed by atoms with Crippen LogP contribution < -0.4 is 0 Å². The molecule has 0 N–H and O–H groups in total. The lowest BCUT2D eigenvalue weighted by atomic mass is 9.99. The van der Waals surface area contributed by atoms with Crippen molar-refractivity contribution >= 4 is 35.6 Å². The molecule has 0 spiro atoms. The summed E-state index contributed by atoms with van der Waals surface area (Å²) >= 11 is 7.60. The highest BCUT2D eigenvalue weighted by Gasteiger charge is 2.07. The Hall–Kier alpha value is -1.45. The molecule has 0 aliphatic rings. The maximum atomic E-state index is 5.96. The summed E-state index contributed by atoms with van der Waals surface area (Å²) in [5, 5.41) is 0.760. The molecular formula is C22H29ClN2S. The standard InChI is InChI=1S/C22H29ClN2S/c1-4-6-9-18-11-8-12-19(10-7-5-2)22(18)24-17-25(3)26-21-15-13-20(23)14-16-21/h8,11-17H,4-7,9-10H2,1-3H3. The van der Waals surface area contributed by atoms with E-state index in [1.807, 2.05) is 42.0 Å². The van der Waals surface area contributed by atoms with Gasteiger partial charge in [-0.1, -0.05) is 56.5 Å². The van der Waals surface area contributed by atoms with E-state index in [0.29, 0.717) is 0 Å². The average Bonchev–Trinajstić information content (AvgIpc) is 2.65. The van der Waals surface area contributed by atoms with Gasteiger partial charge in [0.05, 0.1) is 5.69 Å². The molecule has 0 heterocycles. The molecule has 0 saturated carbocycles. The zero-order valence-corrected chi connectivity index (χ0v) is 17.6. The van der Waals surface area contributed by atoms with Crippen molar-refractivity contribution in [2.24, 2.45) is 4.99 Å². The number of hydrogen-bond donors (Lipinski definition) is 0. The van der Waals surface area contributed by atoms with Crippen molar-refractivity contribution < 1.29 is 0 Å². The van der Waals surface area contributed by atoms with Crippen LogP contribution in [-0.2, 0) is 12.8 Å². The molecule has 26 heavy (non-hydrogen) atoms. The zero-order valence-electron chi connectivity index (χ0n) is 16.0. The largest absolute Gasteiger partial charge is 0.306 e. The van der Waals surface area contributed by atoms with Crippen LogP contribution in [0.5, 0.6) is 0 Å². The zero-order chi connectivity index (χ0) is 18.8. The summed E-state index contributed by atoms with van der Waals surface area (Å²) in [6.45, 7) is 4.47. The lowest BCUT2D eigenvalue weighted by molar-refractivity contribution is 0.780. The monoisotopic (exact) mass is 388 g/mol. The van der Waals surface area contributed by atoms with Crippen molar-refractivity contribution in [1.82, 2.24) is 4.31 Å². The fraction of sp³-hybridized carbons (Fsp3) is 0.409. The van der Waals surface area contributed by atoms with Gasteiger partial charge in [-0.05, 0) is 73.0 Å². The van der Waals surface area contributed by atoms with Crippen LogP contribution in [0.1, 0.15) is 50.7 Å². The number of rotatable bonds is 10. The second-order valence-electron chi connectivity index (χ2n) is 6.47. The number of hydrogen-bond acceptors (Lipinski definition) is 2. The van der Waals surface area contributed by atoms with E-state index in [1.165, 1.54) is 36.8 Å². The van der Waals surface area contributed by atoms with Gasteiger partial charge in [0.2, 0.25) is 0 Å². The van der Waals surface area contributed by atoms with Crippen LogP contribution in [0.3, 0.4) is 0 Å². The molecule has 2 aromatic rings. The van der Waals surface area contributed by atoms with Gasteiger partial charge in [-0.25, -0.2) is 4.99 Å². The van der Waals surface area contributed by atoms with Gasteiger partial charge in [0.1, 0.15) is 6.34 Å². The minimum Gasteiger partial charge on any atom is -0.306 e. The predicted octanol–water partition coefficient (Wildman–Crippen LogP) is 7.32. The fourth-order valence-corrected chi connectivity index (χ4v) is 3.58. The van der Waals surface area contributed by atoms with E-state index >= 15 is 0 Å². The lowest BCUT2D eigenvalue weighted by Gasteiger charge is -2.14. The van der Waals surface area contributed by atoms with Crippen molar-refractivity contribution in [2.45, 2.75) is 57.3 Å². The Kier molecular flexibility index (Phi) is 9.07. The molecule has 0 unspecified atom stereocenters. The van der Waals surface area contributed by atoms with Gasteiger partial charge in [-0.2, -0.15) is 0 Å². The van der Waals surface area contributed by atoms with Crippen LogP contribution in [0, 0.1) is 0 Å². The maximum Gasteiger partial charge on any atom is 0.101 e. The number of nitrogens with zero attached hydrogens (tertiary/aromatic N) is 2. The van der Waals surface area contributed by atoms with Crippen molar-refractivity contribution in [2.75, 3.05) is 7.05 Å². The Morgan fingerprint density at radius 2 is 1.54 bits per heavy atom. The molecule has 0 aliphatic carbocycles. The van der Waals surface area contributed by atoms with Crippen LogP contribution in [0.4, 0.5) is 5.69 Å². The first-order chi connectivity index (χ1) is 12.6. The summed E-state index contributed by atoms with van der Waals surface area (Å²) < 4.78 is 2.05. The molecule has 0 aliphatic heterocycles. The van der Waals surface area contributed by atoms with Gasteiger partial charge < -0.3 is 4.31 Å². The summed E-state index contributed by atoms with van der Waals surface area (Å²) in [7, 11) is 2.03. The third kappa shape index (κ3) is 6.69. The van der Waals surface area contributed by atoms with Gasteiger partial charge in [0.25, 0.3) is 0 Å². The van der Waals surface area contributed by atoms with E-state index in [4.69, 9.17) is 16.6 Å².